The Balaban J connectivity index is 1.70. The molecule has 0 aliphatic rings. The van der Waals surface area contributed by atoms with Gasteiger partial charge in [0.15, 0.2) is 11.8 Å². The molecule has 0 aliphatic carbocycles. The molecule has 0 amide bonds. The number of carboxylic acid groups (broad SMARTS) is 1. The van der Waals surface area contributed by atoms with Crippen LogP contribution in [0.4, 0.5) is 4.39 Å². The topological polar surface area (TPSA) is 107 Å². The number of imidazole rings is 1. The fourth-order valence-corrected chi connectivity index (χ4v) is 5.78. The number of carboxylic acids is 1. The summed E-state index contributed by atoms with van der Waals surface area (Å²) < 4.78 is 33.0. The third-order valence-electron chi connectivity index (χ3n) is 6.04. The molecule has 7 nitrogen and oxygen atoms in total. The summed E-state index contributed by atoms with van der Waals surface area (Å²) in [6.45, 7) is 3.50. The zero-order valence-electron chi connectivity index (χ0n) is 20.9. The van der Waals surface area contributed by atoms with Crippen LogP contribution in [0, 0.1) is 5.82 Å². The van der Waals surface area contributed by atoms with Crippen molar-refractivity contribution in [3.05, 3.63) is 99.5 Å². The van der Waals surface area contributed by atoms with Gasteiger partial charge in [0.1, 0.15) is 22.6 Å². The van der Waals surface area contributed by atoms with Crippen molar-refractivity contribution >= 4 is 51.9 Å². The zero-order chi connectivity index (χ0) is 28.3. The highest BCUT2D eigenvalue weighted by Crippen LogP contribution is 2.38. The summed E-state index contributed by atoms with van der Waals surface area (Å²) in [6.07, 6.45) is 1.78. The van der Waals surface area contributed by atoms with Crippen molar-refractivity contribution in [1.82, 2.24) is 9.55 Å². The summed E-state index contributed by atoms with van der Waals surface area (Å²) in [7, 11) is -1.89. The highest BCUT2D eigenvalue weighted by molar-refractivity contribution is 7.98. The van der Waals surface area contributed by atoms with E-state index in [2.05, 4.69) is 4.98 Å². The van der Waals surface area contributed by atoms with Crippen molar-refractivity contribution in [3.63, 3.8) is 0 Å². The number of hydrogen-bond acceptors (Lipinski definition) is 5. The molecular weight excluding hydrogens is 584 g/mol. The molecule has 0 radical (unpaired) electrons. The Morgan fingerprint density at radius 3 is 2.49 bits per heavy atom. The second kappa shape index (κ2) is 12.1. The van der Waals surface area contributed by atoms with Gasteiger partial charge in [-0.1, -0.05) is 60.9 Å². The standard InChI is InChI=1S/C27H24Cl2FN3O4S2/c1-27(2,17-4-9-20(28)21(29)12-17)24-13-32-26(33(24)19-7-5-18(30)6-8-19)38-15-16-3-10-22(37-14-25(34)35)23(11-16)39(31)36/h3-13H,14-15,31H2,1-2H3,(H,34,35). The lowest BCUT2D eigenvalue weighted by molar-refractivity contribution is -0.139. The molecule has 0 bridgehead atoms. The third-order valence-corrected chi connectivity index (χ3v) is 8.56. The van der Waals surface area contributed by atoms with Crippen molar-refractivity contribution in [2.45, 2.75) is 35.1 Å². The van der Waals surface area contributed by atoms with Crippen LogP contribution in [0.5, 0.6) is 5.75 Å². The molecule has 0 fully saturated rings. The van der Waals surface area contributed by atoms with Gasteiger partial charge in [-0.25, -0.2) is 23.5 Å². The van der Waals surface area contributed by atoms with E-state index < -0.39 is 29.0 Å². The van der Waals surface area contributed by atoms with Crippen LogP contribution in [0.15, 0.2) is 76.9 Å². The minimum absolute atomic E-state index is 0.144. The molecule has 39 heavy (non-hydrogen) atoms. The SMILES string of the molecule is CC(C)(c1ccc(Cl)c(Cl)c1)c1cnc(SCc2ccc(OCC(=O)O)c(S(N)=O)c2)n1-c1ccc(F)cc1. The molecule has 3 aromatic carbocycles. The number of benzene rings is 3. The van der Waals surface area contributed by atoms with Gasteiger partial charge in [0.25, 0.3) is 0 Å². The number of halogens is 3. The van der Waals surface area contributed by atoms with E-state index in [4.69, 9.17) is 38.2 Å². The Morgan fingerprint density at radius 2 is 1.85 bits per heavy atom. The number of hydrogen-bond donors (Lipinski definition) is 2. The Morgan fingerprint density at radius 1 is 1.13 bits per heavy atom. The van der Waals surface area contributed by atoms with Crippen LogP contribution in [0.1, 0.15) is 30.7 Å². The molecule has 1 aromatic heterocycles. The first-order valence-electron chi connectivity index (χ1n) is 11.5. The Kier molecular flexibility index (Phi) is 9.03. The number of rotatable bonds is 10. The van der Waals surface area contributed by atoms with E-state index in [1.54, 1.807) is 42.6 Å². The fourth-order valence-electron chi connectivity index (χ4n) is 3.96. The van der Waals surface area contributed by atoms with Crippen LogP contribution < -0.4 is 9.88 Å². The molecule has 1 unspecified atom stereocenters. The molecule has 0 aliphatic heterocycles. The van der Waals surface area contributed by atoms with Gasteiger partial charge in [-0.15, -0.1) is 0 Å². The number of ether oxygens (including phenoxy) is 1. The molecule has 0 spiro atoms. The van der Waals surface area contributed by atoms with Gasteiger partial charge in [-0.2, -0.15) is 0 Å². The molecule has 0 saturated carbocycles. The summed E-state index contributed by atoms with van der Waals surface area (Å²) in [4.78, 5) is 15.7. The maximum absolute atomic E-state index is 13.8. The van der Waals surface area contributed by atoms with E-state index in [-0.39, 0.29) is 16.5 Å². The fraction of sp³-hybridized carbons (Fsp3) is 0.185. The van der Waals surface area contributed by atoms with Crippen molar-refractivity contribution < 1.29 is 23.2 Å². The van der Waals surface area contributed by atoms with Crippen molar-refractivity contribution in [2.24, 2.45) is 5.14 Å². The van der Waals surface area contributed by atoms with Gasteiger partial charge in [0.05, 0.1) is 26.8 Å². The number of thioether (sulfide) groups is 1. The Hall–Kier alpha value is -2.89. The predicted octanol–water partition coefficient (Wildman–Crippen LogP) is 6.38. The number of carbonyl (C=O) groups is 1. The smallest absolute Gasteiger partial charge is 0.341 e. The van der Waals surface area contributed by atoms with Crippen LogP contribution in [0.25, 0.3) is 5.69 Å². The van der Waals surface area contributed by atoms with Gasteiger partial charge in [0, 0.05) is 16.9 Å². The van der Waals surface area contributed by atoms with Crippen molar-refractivity contribution in [2.75, 3.05) is 6.61 Å². The third kappa shape index (κ3) is 6.64. The minimum atomic E-state index is -1.89. The second-order valence-corrected chi connectivity index (χ2v) is 11.8. The molecule has 4 aromatic rings. The highest BCUT2D eigenvalue weighted by atomic mass is 35.5. The molecule has 3 N–H and O–H groups in total. The molecule has 12 heteroatoms. The predicted molar refractivity (Wildman–Crippen MR) is 152 cm³/mol. The Labute approximate surface area is 241 Å². The number of nitrogens with two attached hydrogens (primary N) is 1. The quantitative estimate of drug-likeness (QED) is 0.202. The van der Waals surface area contributed by atoms with E-state index in [9.17, 15) is 13.4 Å². The average molecular weight is 609 g/mol. The first-order chi connectivity index (χ1) is 18.5. The maximum atomic E-state index is 13.8. The van der Waals surface area contributed by atoms with Crippen LogP contribution in [-0.2, 0) is 26.9 Å². The average Bonchev–Trinajstić information content (AvgIpc) is 3.33. The van der Waals surface area contributed by atoms with Gasteiger partial charge >= 0.3 is 5.97 Å². The van der Waals surface area contributed by atoms with Crippen molar-refractivity contribution in [3.8, 4) is 11.4 Å². The first-order valence-corrected chi connectivity index (χ1v) is 14.5. The molecule has 1 atom stereocenters. The van der Waals surface area contributed by atoms with Gasteiger partial charge in [-0.05, 0) is 59.7 Å². The van der Waals surface area contributed by atoms with Crippen LogP contribution in [0.2, 0.25) is 10.0 Å². The van der Waals surface area contributed by atoms with E-state index in [1.807, 2.05) is 30.5 Å². The highest BCUT2D eigenvalue weighted by Gasteiger charge is 2.30. The zero-order valence-corrected chi connectivity index (χ0v) is 24.0. The lowest BCUT2D eigenvalue weighted by Gasteiger charge is -2.28. The second-order valence-electron chi connectivity index (χ2n) is 9.04. The normalized spacial score (nSPS) is 12.4. The van der Waals surface area contributed by atoms with Gasteiger partial charge < -0.3 is 9.84 Å². The van der Waals surface area contributed by atoms with Crippen LogP contribution in [0.3, 0.4) is 0 Å². The molecule has 4 rings (SSSR count). The molecule has 1 heterocycles. The van der Waals surface area contributed by atoms with Gasteiger partial charge in [-0.3, -0.25) is 4.57 Å². The number of aliphatic carboxylic acids is 1. The molecule has 0 saturated heterocycles. The van der Waals surface area contributed by atoms with Gasteiger partial charge in [0.2, 0.25) is 0 Å². The lowest BCUT2D eigenvalue weighted by atomic mass is 9.81. The minimum Gasteiger partial charge on any atom is -0.481 e. The lowest BCUT2D eigenvalue weighted by Crippen LogP contribution is -2.23. The van der Waals surface area contributed by atoms with E-state index in [0.717, 1.165) is 22.5 Å². The summed E-state index contributed by atoms with van der Waals surface area (Å²) in [5.41, 5.74) is 2.71. The molecular formula is C27H24Cl2FN3O4S2. The summed E-state index contributed by atoms with van der Waals surface area (Å²) >= 11 is 13.9. The molecule has 204 valence electrons. The Bertz CT molecular complexity index is 1540. The van der Waals surface area contributed by atoms with Crippen molar-refractivity contribution in [1.29, 1.82) is 0 Å². The first kappa shape index (κ1) is 29.1. The monoisotopic (exact) mass is 607 g/mol. The maximum Gasteiger partial charge on any atom is 0.341 e. The summed E-state index contributed by atoms with van der Waals surface area (Å²) in [6, 6.07) is 16.5. The van der Waals surface area contributed by atoms with E-state index in [1.165, 1.54) is 23.9 Å². The van der Waals surface area contributed by atoms with E-state index in [0.29, 0.717) is 21.0 Å². The summed E-state index contributed by atoms with van der Waals surface area (Å²) in [5.74, 6) is -0.944. The van der Waals surface area contributed by atoms with E-state index >= 15 is 0 Å². The van der Waals surface area contributed by atoms with Crippen LogP contribution in [-0.4, -0.2) is 31.4 Å². The largest absolute Gasteiger partial charge is 0.481 e. The number of aromatic nitrogens is 2. The van der Waals surface area contributed by atoms with Crippen LogP contribution >= 0.6 is 35.0 Å². The number of nitrogens with zero attached hydrogens (tertiary/aromatic N) is 2. The summed E-state index contributed by atoms with van der Waals surface area (Å²) in [5, 5.41) is 16.0.